The molecule has 0 aliphatic carbocycles. The molecule has 0 amide bonds. The fourth-order valence-electron chi connectivity index (χ4n) is 1.01. The Morgan fingerprint density at radius 3 is 2.50 bits per heavy atom. The summed E-state index contributed by atoms with van der Waals surface area (Å²) in [6, 6.07) is 1.32. The standard InChI is InChI=1S/C8H7ClFNO4S/c1-11-16(14,15)7-2-4(8(12)13)6(10)3-5(7)9/h2-3,11H,1H3,(H,12,13). The number of nitrogens with one attached hydrogen (secondary N) is 1. The van der Waals surface area contributed by atoms with Crippen LogP contribution in [0.5, 0.6) is 0 Å². The quantitative estimate of drug-likeness (QED) is 0.859. The van der Waals surface area contributed by atoms with Crippen LogP contribution in [0.1, 0.15) is 10.4 Å². The summed E-state index contributed by atoms with van der Waals surface area (Å²) in [4.78, 5) is 10.1. The van der Waals surface area contributed by atoms with Crippen molar-refractivity contribution in [3.63, 3.8) is 0 Å². The molecule has 88 valence electrons. The molecule has 0 aromatic heterocycles. The van der Waals surface area contributed by atoms with Gasteiger partial charge in [0.05, 0.1) is 10.6 Å². The third-order valence-electron chi connectivity index (χ3n) is 1.81. The van der Waals surface area contributed by atoms with Gasteiger partial charge in [-0.2, -0.15) is 0 Å². The number of rotatable bonds is 3. The van der Waals surface area contributed by atoms with Gasteiger partial charge in [0.2, 0.25) is 10.0 Å². The molecule has 0 saturated heterocycles. The molecule has 1 aromatic rings. The van der Waals surface area contributed by atoms with Gasteiger partial charge in [-0.05, 0) is 19.2 Å². The van der Waals surface area contributed by atoms with E-state index in [9.17, 15) is 17.6 Å². The number of halogens is 2. The zero-order chi connectivity index (χ0) is 12.5. The van der Waals surface area contributed by atoms with Gasteiger partial charge in [0, 0.05) is 0 Å². The second-order valence-corrected chi connectivity index (χ2v) is 5.04. The summed E-state index contributed by atoms with van der Waals surface area (Å²) in [5, 5.41) is 8.24. The Morgan fingerprint density at radius 1 is 1.50 bits per heavy atom. The monoisotopic (exact) mass is 267 g/mol. The van der Waals surface area contributed by atoms with Gasteiger partial charge in [-0.25, -0.2) is 22.3 Å². The average Bonchev–Trinajstić information content (AvgIpc) is 2.16. The molecule has 0 aliphatic heterocycles. The number of aromatic carboxylic acids is 1. The van der Waals surface area contributed by atoms with Crippen molar-refractivity contribution in [1.82, 2.24) is 4.72 Å². The maximum absolute atomic E-state index is 13.1. The van der Waals surface area contributed by atoms with Crippen LogP contribution in [-0.4, -0.2) is 26.5 Å². The second kappa shape index (κ2) is 4.36. The number of hydrogen-bond donors (Lipinski definition) is 2. The van der Waals surface area contributed by atoms with E-state index in [1.165, 1.54) is 0 Å². The molecule has 0 unspecified atom stereocenters. The van der Waals surface area contributed by atoms with Crippen molar-refractivity contribution in [2.75, 3.05) is 7.05 Å². The predicted octanol–water partition coefficient (Wildman–Crippen LogP) is 1.09. The van der Waals surface area contributed by atoms with Crippen LogP contribution in [0.15, 0.2) is 17.0 Å². The molecule has 0 saturated carbocycles. The predicted molar refractivity (Wildman–Crippen MR) is 54.6 cm³/mol. The number of hydrogen-bond acceptors (Lipinski definition) is 3. The minimum absolute atomic E-state index is 0.378. The lowest BCUT2D eigenvalue weighted by Crippen LogP contribution is -2.20. The number of carboxylic acids is 1. The van der Waals surface area contributed by atoms with E-state index in [1.54, 1.807) is 0 Å². The third kappa shape index (κ3) is 2.31. The normalized spacial score (nSPS) is 11.4. The van der Waals surface area contributed by atoms with E-state index in [0.29, 0.717) is 12.1 Å². The van der Waals surface area contributed by atoms with Gasteiger partial charge in [-0.3, -0.25) is 0 Å². The highest BCUT2D eigenvalue weighted by Gasteiger charge is 2.21. The van der Waals surface area contributed by atoms with Gasteiger partial charge in [-0.1, -0.05) is 11.6 Å². The third-order valence-corrected chi connectivity index (χ3v) is 3.69. The zero-order valence-electron chi connectivity index (χ0n) is 7.99. The molecule has 1 rings (SSSR count). The van der Waals surface area contributed by atoms with Crippen LogP contribution in [0.25, 0.3) is 0 Å². The Hall–Kier alpha value is -1.18. The maximum atomic E-state index is 13.1. The molecular formula is C8H7ClFNO4S. The lowest BCUT2D eigenvalue weighted by Gasteiger charge is -2.06. The van der Waals surface area contributed by atoms with E-state index < -0.39 is 32.3 Å². The summed E-state index contributed by atoms with van der Waals surface area (Å²) >= 11 is 5.52. The Labute approximate surface area is 95.9 Å². The van der Waals surface area contributed by atoms with Crippen molar-refractivity contribution in [2.24, 2.45) is 0 Å². The van der Waals surface area contributed by atoms with Crippen molar-refractivity contribution in [3.8, 4) is 0 Å². The fourth-order valence-corrected chi connectivity index (χ4v) is 2.27. The first-order valence-electron chi connectivity index (χ1n) is 3.95. The fraction of sp³-hybridized carbons (Fsp3) is 0.125. The average molecular weight is 268 g/mol. The molecule has 2 N–H and O–H groups in total. The van der Waals surface area contributed by atoms with Crippen LogP contribution in [0, 0.1) is 5.82 Å². The summed E-state index contributed by atoms with van der Waals surface area (Å²) in [5.74, 6) is -2.66. The molecule has 1 aromatic carbocycles. The first-order chi connectivity index (χ1) is 7.29. The first-order valence-corrected chi connectivity index (χ1v) is 5.81. The highest BCUT2D eigenvalue weighted by molar-refractivity contribution is 7.89. The van der Waals surface area contributed by atoms with E-state index in [4.69, 9.17) is 16.7 Å². The van der Waals surface area contributed by atoms with Gasteiger partial charge in [-0.15, -0.1) is 0 Å². The molecule has 0 spiro atoms. The Bertz CT molecular complexity index is 543. The number of carbonyl (C=O) groups is 1. The number of carboxylic acid groups (broad SMARTS) is 1. The van der Waals surface area contributed by atoms with Crippen LogP contribution in [-0.2, 0) is 10.0 Å². The molecule has 0 bridgehead atoms. The van der Waals surface area contributed by atoms with Crippen LogP contribution in [0.4, 0.5) is 4.39 Å². The lowest BCUT2D eigenvalue weighted by molar-refractivity contribution is 0.0691. The molecule has 0 fully saturated rings. The molecule has 16 heavy (non-hydrogen) atoms. The summed E-state index contributed by atoms with van der Waals surface area (Å²) < 4.78 is 37.8. The molecule has 0 radical (unpaired) electrons. The van der Waals surface area contributed by atoms with Crippen LogP contribution in [0.3, 0.4) is 0 Å². The summed E-state index contributed by atoms with van der Waals surface area (Å²) in [5.41, 5.74) is -0.752. The van der Waals surface area contributed by atoms with E-state index in [1.807, 2.05) is 4.72 Å². The molecule has 0 atom stereocenters. The number of benzene rings is 1. The van der Waals surface area contributed by atoms with E-state index in [-0.39, 0.29) is 5.02 Å². The Balaban J connectivity index is 3.55. The molecule has 8 heteroatoms. The van der Waals surface area contributed by atoms with Crippen molar-refractivity contribution in [2.45, 2.75) is 4.90 Å². The summed E-state index contributed by atoms with van der Waals surface area (Å²) in [7, 11) is -2.78. The maximum Gasteiger partial charge on any atom is 0.338 e. The van der Waals surface area contributed by atoms with Gasteiger partial charge in [0.1, 0.15) is 10.7 Å². The molecule has 5 nitrogen and oxygen atoms in total. The highest BCUT2D eigenvalue weighted by Crippen LogP contribution is 2.24. The zero-order valence-corrected chi connectivity index (χ0v) is 9.56. The van der Waals surface area contributed by atoms with Crippen molar-refractivity contribution in [1.29, 1.82) is 0 Å². The second-order valence-electron chi connectivity index (χ2n) is 2.78. The molecular weight excluding hydrogens is 261 g/mol. The number of sulfonamides is 1. The molecule has 0 aliphatic rings. The smallest absolute Gasteiger partial charge is 0.338 e. The van der Waals surface area contributed by atoms with Crippen molar-refractivity contribution < 1.29 is 22.7 Å². The minimum Gasteiger partial charge on any atom is -0.478 e. The van der Waals surface area contributed by atoms with Gasteiger partial charge >= 0.3 is 5.97 Å². The topological polar surface area (TPSA) is 83.5 Å². The van der Waals surface area contributed by atoms with Crippen molar-refractivity contribution >= 4 is 27.6 Å². The first kappa shape index (κ1) is 12.9. The van der Waals surface area contributed by atoms with Gasteiger partial charge in [0.25, 0.3) is 0 Å². The largest absolute Gasteiger partial charge is 0.478 e. The lowest BCUT2D eigenvalue weighted by atomic mass is 10.2. The van der Waals surface area contributed by atoms with Crippen molar-refractivity contribution in [3.05, 3.63) is 28.5 Å². The van der Waals surface area contributed by atoms with E-state index in [2.05, 4.69) is 0 Å². The van der Waals surface area contributed by atoms with Crippen LogP contribution < -0.4 is 4.72 Å². The van der Waals surface area contributed by atoms with Crippen LogP contribution in [0.2, 0.25) is 5.02 Å². The summed E-state index contributed by atoms with van der Waals surface area (Å²) in [6.45, 7) is 0. The van der Waals surface area contributed by atoms with E-state index >= 15 is 0 Å². The van der Waals surface area contributed by atoms with Crippen LogP contribution >= 0.6 is 11.6 Å². The Kier molecular flexibility index (Phi) is 3.51. The van der Waals surface area contributed by atoms with E-state index in [0.717, 1.165) is 7.05 Å². The highest BCUT2D eigenvalue weighted by atomic mass is 35.5. The summed E-state index contributed by atoms with van der Waals surface area (Å²) in [6.07, 6.45) is 0. The SMILES string of the molecule is CNS(=O)(=O)c1cc(C(=O)O)c(F)cc1Cl. The minimum atomic E-state index is -3.91. The van der Waals surface area contributed by atoms with Gasteiger partial charge in [0.15, 0.2) is 0 Å². The molecule has 0 heterocycles. The Morgan fingerprint density at radius 2 is 2.06 bits per heavy atom. The van der Waals surface area contributed by atoms with Gasteiger partial charge < -0.3 is 5.11 Å².